The van der Waals surface area contributed by atoms with Crippen LogP contribution in [0.4, 0.5) is 4.79 Å². The second-order valence-electron chi connectivity index (χ2n) is 4.87. The third-order valence-electron chi connectivity index (χ3n) is 3.29. The Bertz CT molecular complexity index is 504. The molecule has 2 rings (SSSR count). The van der Waals surface area contributed by atoms with E-state index in [0.717, 1.165) is 30.0 Å². The number of carbonyl (C=O) groups is 2. The predicted molar refractivity (Wildman–Crippen MR) is 76.1 cm³/mol. The Labute approximate surface area is 117 Å². The van der Waals surface area contributed by atoms with Gasteiger partial charge in [-0.05, 0) is 36.5 Å². The van der Waals surface area contributed by atoms with Crippen LogP contribution in [0.3, 0.4) is 0 Å². The van der Waals surface area contributed by atoms with E-state index in [2.05, 4.69) is 10.6 Å². The normalized spacial score (nSPS) is 14.8. The van der Waals surface area contributed by atoms with Crippen LogP contribution in [0.2, 0.25) is 0 Å². The Morgan fingerprint density at radius 2 is 1.95 bits per heavy atom. The first kappa shape index (κ1) is 14.1. The van der Waals surface area contributed by atoms with Crippen LogP contribution in [0.5, 0.6) is 0 Å². The lowest BCUT2D eigenvalue weighted by Gasteiger charge is -2.26. The molecule has 0 aliphatic heterocycles. The van der Waals surface area contributed by atoms with Gasteiger partial charge in [0.25, 0.3) is 0 Å². The number of urea groups is 1. The Kier molecular flexibility index (Phi) is 4.76. The van der Waals surface area contributed by atoms with Crippen LogP contribution in [0.15, 0.2) is 30.3 Å². The molecule has 0 radical (unpaired) electrons. The molecule has 0 unspecified atom stereocenters. The van der Waals surface area contributed by atoms with Crippen molar-refractivity contribution in [3.8, 4) is 0 Å². The van der Waals surface area contributed by atoms with Gasteiger partial charge in [0, 0.05) is 18.7 Å². The highest BCUT2D eigenvalue weighted by Crippen LogP contribution is 2.17. The second kappa shape index (κ2) is 6.75. The van der Waals surface area contributed by atoms with E-state index in [9.17, 15) is 9.59 Å². The molecule has 1 aromatic rings. The molecule has 1 fully saturated rings. The molecule has 0 aromatic heterocycles. The van der Waals surface area contributed by atoms with E-state index in [1.54, 1.807) is 0 Å². The summed E-state index contributed by atoms with van der Waals surface area (Å²) in [5.41, 5.74) is 1.79. The number of hydrogen-bond donors (Lipinski definition) is 3. The summed E-state index contributed by atoms with van der Waals surface area (Å²) in [6, 6.07) is 7.57. The summed E-state index contributed by atoms with van der Waals surface area (Å²) < 4.78 is 0. The highest BCUT2D eigenvalue weighted by molar-refractivity contribution is 5.85. The fourth-order valence-electron chi connectivity index (χ4n) is 1.89. The van der Waals surface area contributed by atoms with Crippen molar-refractivity contribution < 1.29 is 14.7 Å². The van der Waals surface area contributed by atoms with Crippen LogP contribution in [-0.2, 0) is 11.3 Å². The van der Waals surface area contributed by atoms with Crippen molar-refractivity contribution in [3.63, 3.8) is 0 Å². The lowest BCUT2D eigenvalue weighted by molar-refractivity contribution is -0.131. The number of nitrogens with one attached hydrogen (secondary N) is 2. The zero-order valence-electron chi connectivity index (χ0n) is 11.1. The Hall–Kier alpha value is -2.30. The van der Waals surface area contributed by atoms with E-state index in [-0.39, 0.29) is 6.03 Å². The molecule has 106 valence electrons. The van der Waals surface area contributed by atoms with Crippen molar-refractivity contribution >= 4 is 18.1 Å². The fraction of sp³-hybridized carbons (Fsp3) is 0.333. The monoisotopic (exact) mass is 274 g/mol. The van der Waals surface area contributed by atoms with Gasteiger partial charge in [-0.3, -0.25) is 0 Å². The van der Waals surface area contributed by atoms with E-state index in [4.69, 9.17) is 5.11 Å². The molecule has 0 spiro atoms. The second-order valence-corrected chi connectivity index (χ2v) is 4.87. The molecule has 1 aromatic carbocycles. The summed E-state index contributed by atoms with van der Waals surface area (Å²) in [7, 11) is 0. The standard InChI is InChI=1S/C15H18N2O3/c18-14(19)9-8-11-4-6-12(7-5-11)10-16-15(20)17-13-2-1-3-13/h4-9,13H,1-3,10H2,(H,18,19)(H2,16,17,20)/b9-8+. The Morgan fingerprint density at radius 3 is 2.50 bits per heavy atom. The van der Waals surface area contributed by atoms with Gasteiger partial charge in [-0.15, -0.1) is 0 Å². The Balaban J connectivity index is 1.78. The average molecular weight is 274 g/mol. The minimum atomic E-state index is -0.969. The molecule has 0 saturated heterocycles. The predicted octanol–water partition coefficient (Wildman–Crippen LogP) is 2.14. The third-order valence-corrected chi connectivity index (χ3v) is 3.29. The van der Waals surface area contributed by atoms with E-state index in [1.165, 1.54) is 12.5 Å². The van der Waals surface area contributed by atoms with E-state index in [1.807, 2.05) is 24.3 Å². The summed E-state index contributed by atoms with van der Waals surface area (Å²) >= 11 is 0. The van der Waals surface area contributed by atoms with Crippen molar-refractivity contribution in [2.75, 3.05) is 0 Å². The lowest BCUT2D eigenvalue weighted by atomic mass is 9.93. The number of benzene rings is 1. The molecular formula is C15H18N2O3. The van der Waals surface area contributed by atoms with Crippen LogP contribution in [0.1, 0.15) is 30.4 Å². The molecule has 3 N–H and O–H groups in total. The highest BCUT2D eigenvalue weighted by atomic mass is 16.4. The first-order chi connectivity index (χ1) is 9.63. The smallest absolute Gasteiger partial charge is 0.328 e. The van der Waals surface area contributed by atoms with Gasteiger partial charge in [-0.2, -0.15) is 0 Å². The summed E-state index contributed by atoms with van der Waals surface area (Å²) in [4.78, 5) is 22.0. The maximum absolute atomic E-state index is 11.6. The van der Waals surface area contributed by atoms with Crippen LogP contribution >= 0.6 is 0 Å². The molecule has 1 saturated carbocycles. The van der Waals surface area contributed by atoms with E-state index < -0.39 is 5.97 Å². The summed E-state index contributed by atoms with van der Waals surface area (Å²) in [5, 5.41) is 14.2. The first-order valence-electron chi connectivity index (χ1n) is 6.68. The average Bonchev–Trinajstić information content (AvgIpc) is 2.39. The maximum atomic E-state index is 11.6. The summed E-state index contributed by atoms with van der Waals surface area (Å²) in [6.45, 7) is 0.460. The molecule has 5 heteroatoms. The van der Waals surface area contributed by atoms with Crippen molar-refractivity contribution in [1.29, 1.82) is 0 Å². The summed E-state index contributed by atoms with van der Waals surface area (Å²) in [6.07, 6.45) is 5.95. The van der Waals surface area contributed by atoms with Gasteiger partial charge in [0.15, 0.2) is 0 Å². The van der Waals surface area contributed by atoms with Gasteiger partial charge < -0.3 is 15.7 Å². The number of amides is 2. The summed E-state index contributed by atoms with van der Waals surface area (Å²) in [5.74, 6) is -0.969. The van der Waals surface area contributed by atoms with Crippen LogP contribution < -0.4 is 10.6 Å². The van der Waals surface area contributed by atoms with Crippen molar-refractivity contribution in [3.05, 3.63) is 41.5 Å². The molecule has 0 atom stereocenters. The zero-order chi connectivity index (χ0) is 14.4. The van der Waals surface area contributed by atoms with Gasteiger partial charge >= 0.3 is 12.0 Å². The topological polar surface area (TPSA) is 78.4 Å². The number of aliphatic carboxylic acids is 1. The Morgan fingerprint density at radius 1 is 1.25 bits per heavy atom. The lowest BCUT2D eigenvalue weighted by Crippen LogP contribution is -2.44. The van der Waals surface area contributed by atoms with Crippen LogP contribution in [0.25, 0.3) is 6.08 Å². The molecule has 20 heavy (non-hydrogen) atoms. The number of hydrogen-bond acceptors (Lipinski definition) is 2. The number of carboxylic acid groups (broad SMARTS) is 1. The van der Waals surface area contributed by atoms with Crippen molar-refractivity contribution in [1.82, 2.24) is 10.6 Å². The minimum Gasteiger partial charge on any atom is -0.478 e. The zero-order valence-corrected chi connectivity index (χ0v) is 11.1. The molecule has 2 amide bonds. The van der Waals surface area contributed by atoms with Crippen molar-refractivity contribution in [2.24, 2.45) is 0 Å². The van der Waals surface area contributed by atoms with Gasteiger partial charge in [0.05, 0.1) is 0 Å². The van der Waals surface area contributed by atoms with Crippen LogP contribution in [-0.4, -0.2) is 23.1 Å². The van der Waals surface area contributed by atoms with Gasteiger partial charge in [0.2, 0.25) is 0 Å². The minimum absolute atomic E-state index is 0.135. The largest absolute Gasteiger partial charge is 0.478 e. The van der Waals surface area contributed by atoms with Crippen LogP contribution in [0, 0.1) is 0 Å². The van der Waals surface area contributed by atoms with Gasteiger partial charge in [-0.25, -0.2) is 9.59 Å². The SMILES string of the molecule is O=C(O)/C=C/c1ccc(CNC(=O)NC2CCC2)cc1. The first-order valence-corrected chi connectivity index (χ1v) is 6.68. The fourth-order valence-corrected chi connectivity index (χ4v) is 1.89. The van der Waals surface area contributed by atoms with E-state index in [0.29, 0.717) is 12.6 Å². The number of carbonyl (C=O) groups excluding carboxylic acids is 1. The molecule has 5 nitrogen and oxygen atoms in total. The molecule has 1 aliphatic carbocycles. The van der Waals surface area contributed by atoms with Gasteiger partial charge in [-0.1, -0.05) is 24.3 Å². The molecule has 0 heterocycles. The maximum Gasteiger partial charge on any atom is 0.328 e. The van der Waals surface area contributed by atoms with Crippen molar-refractivity contribution in [2.45, 2.75) is 31.8 Å². The van der Waals surface area contributed by atoms with E-state index >= 15 is 0 Å². The van der Waals surface area contributed by atoms with Gasteiger partial charge in [0.1, 0.15) is 0 Å². The third kappa shape index (κ3) is 4.42. The molecule has 0 bridgehead atoms. The quantitative estimate of drug-likeness (QED) is 0.720. The number of rotatable bonds is 5. The molecular weight excluding hydrogens is 256 g/mol. The highest BCUT2D eigenvalue weighted by Gasteiger charge is 2.18. The molecule has 1 aliphatic rings. The number of carboxylic acids is 1.